The monoisotopic (exact) mass is 377 g/mol. The van der Waals surface area contributed by atoms with Crippen molar-refractivity contribution in [3.8, 4) is 0 Å². The number of aryl methyl sites for hydroxylation is 1. The van der Waals surface area contributed by atoms with Gasteiger partial charge in [0, 0.05) is 69.8 Å². The Balaban J connectivity index is 1.59. The topological polar surface area (TPSA) is 80.6 Å². The largest absolute Gasteiger partial charge is 0.379 e. The smallest absolute Gasteiger partial charge is 0.244 e. The fraction of sp³-hybridized carbons (Fsp3) is 0.529. The van der Waals surface area contributed by atoms with Crippen molar-refractivity contribution >= 4 is 10.0 Å². The van der Waals surface area contributed by atoms with Gasteiger partial charge in [-0.1, -0.05) is 0 Å². The Hall–Kier alpha value is -1.81. The van der Waals surface area contributed by atoms with Crippen molar-refractivity contribution in [2.75, 3.05) is 32.8 Å². The minimum absolute atomic E-state index is 0.238. The molecule has 140 valence electrons. The standard InChI is InChI=1S/C17H23N5O3S/c1-20-17-4-6-22(26(23,24)14-3-2-5-18-11-14)12-15(17)16(19-20)13-21-7-9-25-10-8-21/h2-3,5,11H,4,6-10,12-13H2,1H3. The number of ether oxygens (including phenoxy) is 1. The first-order valence-electron chi connectivity index (χ1n) is 8.79. The summed E-state index contributed by atoms with van der Waals surface area (Å²) in [5, 5.41) is 4.68. The van der Waals surface area contributed by atoms with Crippen LogP contribution >= 0.6 is 0 Å². The van der Waals surface area contributed by atoms with E-state index in [1.165, 1.54) is 10.5 Å². The number of rotatable bonds is 4. The number of nitrogens with zero attached hydrogens (tertiary/aromatic N) is 5. The summed E-state index contributed by atoms with van der Waals surface area (Å²) in [6.45, 7) is 4.77. The first-order chi connectivity index (χ1) is 12.6. The molecule has 4 rings (SSSR count). The van der Waals surface area contributed by atoms with Gasteiger partial charge in [0.15, 0.2) is 0 Å². The number of fused-ring (bicyclic) bond motifs is 1. The average Bonchev–Trinajstić information content (AvgIpc) is 2.98. The zero-order valence-corrected chi connectivity index (χ0v) is 15.7. The molecule has 1 fully saturated rings. The Morgan fingerprint density at radius 1 is 1.23 bits per heavy atom. The molecule has 0 aliphatic carbocycles. The van der Waals surface area contributed by atoms with E-state index in [-0.39, 0.29) is 4.90 Å². The number of pyridine rings is 1. The zero-order valence-electron chi connectivity index (χ0n) is 14.8. The summed E-state index contributed by atoms with van der Waals surface area (Å²) in [5.41, 5.74) is 3.14. The molecule has 0 aromatic carbocycles. The summed E-state index contributed by atoms with van der Waals surface area (Å²) in [6.07, 6.45) is 3.65. The summed E-state index contributed by atoms with van der Waals surface area (Å²) in [6, 6.07) is 3.24. The van der Waals surface area contributed by atoms with Gasteiger partial charge in [-0.3, -0.25) is 14.6 Å². The third-order valence-corrected chi connectivity index (χ3v) is 6.87. The molecular weight excluding hydrogens is 354 g/mol. The Kier molecular flexibility index (Phi) is 4.78. The second-order valence-corrected chi connectivity index (χ2v) is 8.60. The highest BCUT2D eigenvalue weighted by molar-refractivity contribution is 7.89. The molecule has 2 aromatic heterocycles. The van der Waals surface area contributed by atoms with Crippen molar-refractivity contribution < 1.29 is 13.2 Å². The number of sulfonamides is 1. The van der Waals surface area contributed by atoms with E-state index in [0.717, 1.165) is 49.8 Å². The minimum atomic E-state index is -3.55. The molecule has 8 nitrogen and oxygen atoms in total. The van der Waals surface area contributed by atoms with E-state index in [4.69, 9.17) is 4.74 Å². The highest BCUT2D eigenvalue weighted by Gasteiger charge is 2.32. The normalized spacial score (nSPS) is 19.4. The molecule has 0 unspecified atom stereocenters. The third kappa shape index (κ3) is 3.27. The van der Waals surface area contributed by atoms with Gasteiger partial charge in [0.1, 0.15) is 4.90 Å². The van der Waals surface area contributed by atoms with Gasteiger partial charge in [0.05, 0.1) is 18.9 Å². The first kappa shape index (κ1) is 17.6. The lowest BCUT2D eigenvalue weighted by molar-refractivity contribution is 0.0334. The summed E-state index contributed by atoms with van der Waals surface area (Å²) >= 11 is 0. The van der Waals surface area contributed by atoms with Crippen LogP contribution in [0.15, 0.2) is 29.4 Å². The molecule has 2 aliphatic rings. The number of hydrogen-bond acceptors (Lipinski definition) is 6. The molecule has 2 aromatic rings. The lowest BCUT2D eigenvalue weighted by Gasteiger charge is -2.28. The van der Waals surface area contributed by atoms with Crippen molar-refractivity contribution in [1.82, 2.24) is 24.0 Å². The molecule has 26 heavy (non-hydrogen) atoms. The Morgan fingerprint density at radius 3 is 2.77 bits per heavy atom. The van der Waals surface area contributed by atoms with Crippen molar-refractivity contribution in [3.05, 3.63) is 41.5 Å². The number of hydrogen-bond donors (Lipinski definition) is 0. The van der Waals surface area contributed by atoms with Crippen LogP contribution in [0.2, 0.25) is 0 Å². The molecule has 0 atom stereocenters. The molecular formula is C17H23N5O3S. The second-order valence-electron chi connectivity index (χ2n) is 6.66. The molecule has 4 heterocycles. The van der Waals surface area contributed by atoms with Crippen LogP contribution in [-0.4, -0.2) is 65.2 Å². The lowest BCUT2D eigenvalue weighted by atomic mass is 10.1. The van der Waals surface area contributed by atoms with Gasteiger partial charge in [0.25, 0.3) is 0 Å². The summed E-state index contributed by atoms with van der Waals surface area (Å²) in [7, 11) is -1.61. The fourth-order valence-electron chi connectivity index (χ4n) is 3.60. The van der Waals surface area contributed by atoms with E-state index in [0.29, 0.717) is 19.5 Å². The van der Waals surface area contributed by atoms with E-state index in [1.807, 2.05) is 11.7 Å². The van der Waals surface area contributed by atoms with E-state index >= 15 is 0 Å². The van der Waals surface area contributed by atoms with Crippen LogP contribution in [0.25, 0.3) is 0 Å². The highest BCUT2D eigenvalue weighted by atomic mass is 32.2. The Bertz CT molecular complexity index is 875. The van der Waals surface area contributed by atoms with Gasteiger partial charge >= 0.3 is 0 Å². The van der Waals surface area contributed by atoms with Crippen LogP contribution in [-0.2, 0) is 41.3 Å². The molecule has 1 saturated heterocycles. The van der Waals surface area contributed by atoms with Crippen molar-refractivity contribution in [1.29, 1.82) is 0 Å². The van der Waals surface area contributed by atoms with E-state index in [1.54, 1.807) is 18.3 Å². The fourth-order valence-corrected chi connectivity index (χ4v) is 4.97. The van der Waals surface area contributed by atoms with Crippen LogP contribution in [0.1, 0.15) is 17.0 Å². The molecule has 0 amide bonds. The Morgan fingerprint density at radius 2 is 2.04 bits per heavy atom. The van der Waals surface area contributed by atoms with Gasteiger partial charge in [-0.05, 0) is 12.1 Å². The highest BCUT2D eigenvalue weighted by Crippen LogP contribution is 2.27. The average molecular weight is 377 g/mol. The Labute approximate surface area is 153 Å². The lowest BCUT2D eigenvalue weighted by Crippen LogP contribution is -2.38. The maximum atomic E-state index is 12.9. The molecule has 0 radical (unpaired) electrons. The second kappa shape index (κ2) is 7.07. The molecule has 2 aliphatic heterocycles. The van der Waals surface area contributed by atoms with Crippen LogP contribution in [0.3, 0.4) is 0 Å². The van der Waals surface area contributed by atoms with E-state index in [2.05, 4.69) is 15.0 Å². The SMILES string of the molecule is Cn1nc(CN2CCOCC2)c2c1CCN(S(=O)(=O)c1cccnc1)C2. The predicted molar refractivity (Wildman–Crippen MR) is 94.8 cm³/mol. The van der Waals surface area contributed by atoms with Crippen LogP contribution in [0.4, 0.5) is 0 Å². The van der Waals surface area contributed by atoms with Gasteiger partial charge in [0.2, 0.25) is 10.0 Å². The van der Waals surface area contributed by atoms with Crippen LogP contribution < -0.4 is 0 Å². The van der Waals surface area contributed by atoms with Gasteiger partial charge in [-0.25, -0.2) is 8.42 Å². The van der Waals surface area contributed by atoms with Crippen LogP contribution in [0.5, 0.6) is 0 Å². The van der Waals surface area contributed by atoms with Gasteiger partial charge in [-0.2, -0.15) is 9.40 Å². The van der Waals surface area contributed by atoms with E-state index < -0.39 is 10.0 Å². The quantitative estimate of drug-likeness (QED) is 0.767. The third-order valence-electron chi connectivity index (χ3n) is 5.04. The van der Waals surface area contributed by atoms with Crippen LogP contribution in [0, 0.1) is 0 Å². The predicted octanol–water partition coefficient (Wildman–Crippen LogP) is 0.394. The maximum absolute atomic E-state index is 12.9. The number of morpholine rings is 1. The van der Waals surface area contributed by atoms with Crippen molar-refractivity contribution in [2.24, 2.45) is 7.05 Å². The number of aromatic nitrogens is 3. The molecule has 0 spiro atoms. The molecule has 0 bridgehead atoms. The van der Waals surface area contributed by atoms with Gasteiger partial charge < -0.3 is 4.74 Å². The zero-order chi connectivity index (χ0) is 18.1. The summed E-state index contributed by atoms with van der Waals surface area (Å²) in [4.78, 5) is 6.49. The molecule has 0 N–H and O–H groups in total. The summed E-state index contributed by atoms with van der Waals surface area (Å²) < 4.78 is 34.7. The van der Waals surface area contributed by atoms with Crippen molar-refractivity contribution in [2.45, 2.75) is 24.4 Å². The first-order valence-corrected chi connectivity index (χ1v) is 10.2. The minimum Gasteiger partial charge on any atom is -0.379 e. The molecule has 9 heteroatoms. The maximum Gasteiger partial charge on any atom is 0.244 e. The van der Waals surface area contributed by atoms with E-state index in [9.17, 15) is 8.42 Å². The van der Waals surface area contributed by atoms with Crippen molar-refractivity contribution in [3.63, 3.8) is 0 Å². The summed E-state index contributed by atoms with van der Waals surface area (Å²) in [5.74, 6) is 0. The van der Waals surface area contributed by atoms with Gasteiger partial charge in [-0.15, -0.1) is 0 Å². The molecule has 0 saturated carbocycles.